The van der Waals surface area contributed by atoms with Gasteiger partial charge in [0, 0.05) is 12.1 Å². The largest absolute Gasteiger partial charge is 0.468 e. The summed E-state index contributed by atoms with van der Waals surface area (Å²) >= 11 is 0. The molecule has 0 heterocycles. The van der Waals surface area contributed by atoms with Crippen molar-refractivity contribution in [2.24, 2.45) is 5.92 Å². The summed E-state index contributed by atoms with van der Waals surface area (Å²) in [7, 11) is 5.49. The van der Waals surface area contributed by atoms with E-state index in [-0.39, 0.29) is 5.97 Å². The zero-order chi connectivity index (χ0) is 16.0. The molecule has 0 saturated heterocycles. The minimum atomic E-state index is -0.608. The number of esters is 1. The van der Waals surface area contributed by atoms with Crippen molar-refractivity contribution < 1.29 is 9.53 Å². The van der Waals surface area contributed by atoms with Gasteiger partial charge < -0.3 is 15.0 Å². The number of rotatable bonds is 7. The third-order valence-electron chi connectivity index (χ3n) is 5.56. The lowest BCUT2D eigenvalue weighted by Gasteiger charge is -2.40. The van der Waals surface area contributed by atoms with E-state index in [1.165, 1.54) is 39.2 Å². The van der Waals surface area contributed by atoms with Crippen molar-refractivity contribution in [2.75, 3.05) is 21.2 Å². The van der Waals surface area contributed by atoms with Gasteiger partial charge in [-0.25, -0.2) is 0 Å². The number of likely N-dealkylation sites (N-methyl/N-ethyl adjacent to an activating group) is 1. The van der Waals surface area contributed by atoms with Crippen molar-refractivity contribution in [3.8, 4) is 0 Å². The Bertz CT molecular complexity index is 327. The number of hydrogen-bond donors (Lipinski definition) is 1. The molecule has 1 rings (SSSR count). The van der Waals surface area contributed by atoms with Crippen molar-refractivity contribution in [1.29, 1.82) is 0 Å². The molecule has 1 saturated carbocycles. The van der Waals surface area contributed by atoms with E-state index in [1.54, 1.807) is 0 Å². The molecule has 4 heteroatoms. The normalized spacial score (nSPS) is 27.2. The first-order valence-corrected chi connectivity index (χ1v) is 8.37. The summed E-state index contributed by atoms with van der Waals surface area (Å²) in [4.78, 5) is 14.4. The van der Waals surface area contributed by atoms with Crippen LogP contribution in [-0.2, 0) is 9.53 Å². The second-order valence-corrected chi connectivity index (χ2v) is 6.88. The molecule has 0 aromatic carbocycles. The molecule has 0 aromatic heterocycles. The Morgan fingerprint density at radius 1 is 1.38 bits per heavy atom. The molecule has 1 fully saturated rings. The number of methoxy groups -OCH3 is 1. The van der Waals surface area contributed by atoms with E-state index in [2.05, 4.69) is 31.1 Å². The fourth-order valence-electron chi connectivity index (χ4n) is 3.57. The van der Waals surface area contributed by atoms with Gasteiger partial charge in [-0.15, -0.1) is 0 Å². The first-order chi connectivity index (χ1) is 9.87. The third kappa shape index (κ3) is 4.68. The van der Waals surface area contributed by atoms with Crippen molar-refractivity contribution in [1.82, 2.24) is 10.2 Å². The molecule has 1 aliphatic carbocycles. The van der Waals surface area contributed by atoms with Gasteiger partial charge in [-0.2, -0.15) is 0 Å². The fourth-order valence-corrected chi connectivity index (χ4v) is 3.57. The summed E-state index contributed by atoms with van der Waals surface area (Å²) in [6, 6.07) is 1.01. The van der Waals surface area contributed by atoms with Gasteiger partial charge in [0.15, 0.2) is 0 Å². The highest BCUT2D eigenvalue weighted by atomic mass is 16.5. The maximum atomic E-state index is 12.0. The van der Waals surface area contributed by atoms with Gasteiger partial charge in [0.1, 0.15) is 5.54 Å². The predicted molar refractivity (Wildman–Crippen MR) is 87.4 cm³/mol. The molecule has 2 unspecified atom stereocenters. The smallest absolute Gasteiger partial charge is 0.325 e. The molecule has 0 bridgehead atoms. The molecule has 1 aliphatic rings. The highest BCUT2D eigenvalue weighted by Gasteiger charge is 2.36. The number of ether oxygens (including phenoxy) is 1. The van der Waals surface area contributed by atoms with Gasteiger partial charge >= 0.3 is 5.97 Å². The summed E-state index contributed by atoms with van der Waals surface area (Å²) in [6.07, 6.45) is 7.34. The lowest BCUT2D eigenvalue weighted by Crippen LogP contribution is -2.53. The van der Waals surface area contributed by atoms with E-state index in [4.69, 9.17) is 4.74 Å². The SMILES string of the molecule is CCC1CCC(N(C)C(C)CC(C)(NC)C(=O)OC)CC1. The Labute approximate surface area is 130 Å². The minimum Gasteiger partial charge on any atom is -0.468 e. The van der Waals surface area contributed by atoms with Gasteiger partial charge in [0.2, 0.25) is 0 Å². The van der Waals surface area contributed by atoms with Crippen molar-refractivity contribution in [3.05, 3.63) is 0 Å². The van der Waals surface area contributed by atoms with Crippen LogP contribution < -0.4 is 5.32 Å². The Kier molecular flexibility index (Phi) is 7.14. The average Bonchev–Trinajstić information content (AvgIpc) is 2.53. The zero-order valence-corrected chi connectivity index (χ0v) is 14.7. The Hall–Kier alpha value is -0.610. The molecule has 0 spiro atoms. The van der Waals surface area contributed by atoms with E-state index in [1.807, 2.05) is 14.0 Å². The van der Waals surface area contributed by atoms with Crippen molar-refractivity contribution in [3.63, 3.8) is 0 Å². The van der Waals surface area contributed by atoms with Crippen LogP contribution in [-0.4, -0.2) is 49.7 Å². The second-order valence-electron chi connectivity index (χ2n) is 6.88. The Morgan fingerprint density at radius 3 is 2.38 bits per heavy atom. The van der Waals surface area contributed by atoms with Crippen LogP contribution in [0.5, 0.6) is 0 Å². The third-order valence-corrected chi connectivity index (χ3v) is 5.56. The standard InChI is InChI=1S/C17H34N2O2/c1-7-14-8-10-15(11-9-14)19(5)13(2)12-17(3,18-4)16(20)21-6/h13-15,18H,7-12H2,1-6H3. The van der Waals surface area contributed by atoms with Crippen molar-refractivity contribution >= 4 is 5.97 Å². The monoisotopic (exact) mass is 298 g/mol. The van der Waals surface area contributed by atoms with Gasteiger partial charge in [-0.05, 0) is 66.0 Å². The second kappa shape index (κ2) is 8.14. The van der Waals surface area contributed by atoms with Crippen LogP contribution in [0.15, 0.2) is 0 Å². The van der Waals surface area contributed by atoms with Crippen LogP contribution in [0.3, 0.4) is 0 Å². The van der Waals surface area contributed by atoms with Gasteiger partial charge in [-0.3, -0.25) is 4.79 Å². The molecule has 0 aromatic rings. The molecule has 124 valence electrons. The molecule has 0 amide bonds. The Morgan fingerprint density at radius 2 is 1.95 bits per heavy atom. The van der Waals surface area contributed by atoms with E-state index in [9.17, 15) is 4.79 Å². The van der Waals surface area contributed by atoms with Crippen molar-refractivity contribution in [2.45, 2.75) is 76.9 Å². The number of nitrogens with one attached hydrogen (secondary N) is 1. The molecule has 4 nitrogen and oxygen atoms in total. The molecule has 1 N–H and O–H groups in total. The summed E-state index contributed by atoms with van der Waals surface area (Å²) in [6.45, 7) is 6.44. The number of nitrogens with zero attached hydrogens (tertiary/aromatic N) is 1. The summed E-state index contributed by atoms with van der Waals surface area (Å²) in [5, 5.41) is 3.13. The molecular weight excluding hydrogens is 264 g/mol. The first-order valence-electron chi connectivity index (χ1n) is 8.37. The lowest BCUT2D eigenvalue weighted by molar-refractivity contribution is -0.148. The highest BCUT2D eigenvalue weighted by molar-refractivity contribution is 5.80. The highest BCUT2D eigenvalue weighted by Crippen LogP contribution is 2.30. The average molecular weight is 298 g/mol. The molecule has 0 radical (unpaired) electrons. The van der Waals surface area contributed by atoms with Crippen LogP contribution in [0.2, 0.25) is 0 Å². The van der Waals surface area contributed by atoms with Crippen LogP contribution in [0.4, 0.5) is 0 Å². The van der Waals surface area contributed by atoms with Gasteiger partial charge in [0.05, 0.1) is 7.11 Å². The van der Waals surface area contributed by atoms with Crippen LogP contribution in [0, 0.1) is 5.92 Å². The topological polar surface area (TPSA) is 41.6 Å². The van der Waals surface area contributed by atoms with Crippen LogP contribution in [0.25, 0.3) is 0 Å². The Balaban J connectivity index is 2.58. The first kappa shape index (κ1) is 18.4. The van der Waals surface area contributed by atoms with Crippen LogP contribution in [0.1, 0.15) is 59.3 Å². The number of carbonyl (C=O) groups is 1. The summed E-state index contributed by atoms with van der Waals surface area (Å²) < 4.78 is 4.94. The molecule has 21 heavy (non-hydrogen) atoms. The predicted octanol–water partition coefficient (Wildman–Crippen LogP) is 2.82. The maximum absolute atomic E-state index is 12.0. The summed E-state index contributed by atoms with van der Waals surface area (Å²) in [5.74, 6) is 0.738. The minimum absolute atomic E-state index is 0.181. The van der Waals surface area contributed by atoms with Crippen LogP contribution >= 0.6 is 0 Å². The number of hydrogen-bond acceptors (Lipinski definition) is 4. The maximum Gasteiger partial charge on any atom is 0.325 e. The molecular formula is C17H34N2O2. The van der Waals surface area contributed by atoms with E-state index >= 15 is 0 Å². The van der Waals surface area contributed by atoms with E-state index in [0.29, 0.717) is 12.1 Å². The van der Waals surface area contributed by atoms with E-state index < -0.39 is 5.54 Å². The number of carbonyl (C=O) groups excluding carboxylic acids is 1. The summed E-state index contributed by atoms with van der Waals surface area (Å²) in [5.41, 5.74) is -0.608. The van der Waals surface area contributed by atoms with E-state index in [0.717, 1.165) is 12.3 Å². The van der Waals surface area contributed by atoms with Gasteiger partial charge in [0.25, 0.3) is 0 Å². The fraction of sp³-hybridized carbons (Fsp3) is 0.941. The molecule has 0 aliphatic heterocycles. The zero-order valence-electron chi connectivity index (χ0n) is 14.7. The molecule has 2 atom stereocenters. The lowest BCUT2D eigenvalue weighted by atomic mass is 9.83. The van der Waals surface area contributed by atoms with Gasteiger partial charge in [-0.1, -0.05) is 13.3 Å². The quantitative estimate of drug-likeness (QED) is 0.734.